The van der Waals surface area contributed by atoms with E-state index < -0.39 is 5.56 Å². The number of allylic oxidation sites excluding steroid dienone is 5. The summed E-state index contributed by atoms with van der Waals surface area (Å²) in [6.45, 7) is 5.68. The summed E-state index contributed by atoms with van der Waals surface area (Å²) in [5.41, 5.74) is 7.23. The van der Waals surface area contributed by atoms with Crippen LogP contribution in [-0.2, 0) is 9.53 Å². The van der Waals surface area contributed by atoms with Crippen LogP contribution >= 0.6 is 23.3 Å². The number of Topliss-reactive ketones (excluding diaryl/α,β-unsaturated/α-hetero) is 1. The Labute approximate surface area is 164 Å². The summed E-state index contributed by atoms with van der Waals surface area (Å²) < 4.78 is 11.2. The molecule has 9 heteroatoms. The number of methoxy groups -OCH3 is 1. The number of nitrogens with zero attached hydrogens (tertiary/aromatic N) is 3. The summed E-state index contributed by atoms with van der Waals surface area (Å²) in [4.78, 5) is 29.3. The van der Waals surface area contributed by atoms with Crippen LogP contribution in [0.25, 0.3) is 11.0 Å². The Hall–Kier alpha value is -2.65. The number of anilines is 1. The summed E-state index contributed by atoms with van der Waals surface area (Å²) in [7, 11) is 1.43. The average molecular weight is 403 g/mol. The summed E-state index contributed by atoms with van der Waals surface area (Å²) in [6, 6.07) is 0. The van der Waals surface area contributed by atoms with Crippen LogP contribution in [0.1, 0.15) is 18.9 Å². The largest absolute Gasteiger partial charge is 0.493 e. The minimum absolute atomic E-state index is 0.198. The van der Waals surface area contributed by atoms with Crippen molar-refractivity contribution in [3.8, 4) is 0 Å². The van der Waals surface area contributed by atoms with E-state index in [4.69, 9.17) is 10.5 Å². The fourth-order valence-electron chi connectivity index (χ4n) is 2.64. The SMILES string of the molecule is C=CCC1=C/C(=C\c2c(N)n3c(SCC)nsc3nc2=O)C=C(OC)C1=O. The van der Waals surface area contributed by atoms with Crippen LogP contribution in [0, 0.1) is 0 Å². The molecule has 0 atom stereocenters. The molecule has 2 aromatic heterocycles. The first kappa shape index (κ1) is 19.1. The van der Waals surface area contributed by atoms with E-state index in [0.29, 0.717) is 27.7 Å². The third kappa shape index (κ3) is 3.60. The van der Waals surface area contributed by atoms with E-state index in [-0.39, 0.29) is 22.9 Å². The molecule has 0 amide bonds. The van der Waals surface area contributed by atoms with E-state index in [2.05, 4.69) is 15.9 Å². The van der Waals surface area contributed by atoms with Gasteiger partial charge in [-0.2, -0.15) is 9.36 Å². The first-order chi connectivity index (χ1) is 13.0. The highest BCUT2D eigenvalue weighted by molar-refractivity contribution is 7.99. The minimum Gasteiger partial charge on any atom is -0.493 e. The summed E-state index contributed by atoms with van der Waals surface area (Å²) in [5, 5.41) is 0.692. The van der Waals surface area contributed by atoms with E-state index in [1.165, 1.54) is 18.9 Å². The van der Waals surface area contributed by atoms with Crippen molar-refractivity contribution in [1.82, 2.24) is 13.8 Å². The summed E-state index contributed by atoms with van der Waals surface area (Å²) in [5.74, 6) is 1.09. The smallest absolute Gasteiger partial charge is 0.283 e. The predicted molar refractivity (Wildman–Crippen MR) is 109 cm³/mol. The molecular formula is C18H18N4O3S2. The maximum atomic E-state index is 12.5. The van der Waals surface area contributed by atoms with Gasteiger partial charge in [-0.15, -0.1) is 6.58 Å². The number of rotatable bonds is 6. The zero-order chi connectivity index (χ0) is 19.6. The van der Waals surface area contributed by atoms with Gasteiger partial charge in [-0.1, -0.05) is 24.8 Å². The second-order valence-corrected chi connectivity index (χ2v) is 7.54. The Bertz CT molecular complexity index is 1080. The number of aromatic nitrogens is 3. The molecule has 2 N–H and O–H groups in total. The van der Waals surface area contributed by atoms with Crippen LogP contribution in [0.5, 0.6) is 0 Å². The highest BCUT2D eigenvalue weighted by atomic mass is 32.2. The van der Waals surface area contributed by atoms with Crippen molar-refractivity contribution >= 4 is 45.9 Å². The monoisotopic (exact) mass is 402 g/mol. The average Bonchev–Trinajstić information content (AvgIpc) is 3.04. The van der Waals surface area contributed by atoms with Gasteiger partial charge in [0.05, 0.1) is 12.7 Å². The molecule has 3 rings (SSSR count). The van der Waals surface area contributed by atoms with Crippen molar-refractivity contribution in [3.05, 3.63) is 57.6 Å². The summed E-state index contributed by atoms with van der Waals surface area (Å²) >= 11 is 2.65. The van der Waals surface area contributed by atoms with Gasteiger partial charge in [0.25, 0.3) is 5.56 Å². The molecule has 27 heavy (non-hydrogen) atoms. The lowest BCUT2D eigenvalue weighted by atomic mass is 9.95. The number of ketones is 1. The van der Waals surface area contributed by atoms with Crippen LogP contribution in [0.3, 0.4) is 0 Å². The molecule has 0 saturated heterocycles. The fourth-order valence-corrected chi connectivity index (χ4v) is 4.23. The number of carbonyl (C=O) groups excluding carboxylic acids is 1. The van der Waals surface area contributed by atoms with E-state index in [0.717, 1.165) is 17.3 Å². The van der Waals surface area contributed by atoms with Gasteiger partial charge in [-0.3, -0.25) is 9.59 Å². The number of hydrogen-bond donors (Lipinski definition) is 1. The van der Waals surface area contributed by atoms with Gasteiger partial charge in [-0.05, 0) is 36.0 Å². The van der Waals surface area contributed by atoms with Crippen LogP contribution in [0.15, 0.2) is 51.7 Å². The lowest BCUT2D eigenvalue weighted by molar-refractivity contribution is -0.115. The maximum Gasteiger partial charge on any atom is 0.283 e. The van der Waals surface area contributed by atoms with Gasteiger partial charge in [0.2, 0.25) is 10.7 Å². The molecular weight excluding hydrogens is 384 g/mol. The second kappa shape index (κ2) is 7.93. The normalized spacial score (nSPS) is 15.8. The third-order valence-corrected chi connectivity index (χ3v) is 5.49. The molecule has 0 fully saturated rings. The van der Waals surface area contributed by atoms with Gasteiger partial charge in [0.15, 0.2) is 10.9 Å². The minimum atomic E-state index is -0.445. The van der Waals surface area contributed by atoms with Crippen LogP contribution in [0.4, 0.5) is 5.82 Å². The first-order valence-corrected chi connectivity index (χ1v) is 9.90. The Morgan fingerprint density at radius 1 is 1.41 bits per heavy atom. The number of carbonyl (C=O) groups is 1. The highest BCUT2D eigenvalue weighted by Crippen LogP contribution is 2.27. The molecule has 2 heterocycles. The van der Waals surface area contributed by atoms with Crippen molar-refractivity contribution in [1.29, 1.82) is 0 Å². The second-order valence-electron chi connectivity index (χ2n) is 5.58. The van der Waals surface area contributed by atoms with Crippen molar-refractivity contribution in [2.45, 2.75) is 18.5 Å². The maximum absolute atomic E-state index is 12.5. The Morgan fingerprint density at radius 2 is 2.19 bits per heavy atom. The Kier molecular flexibility index (Phi) is 5.62. The number of nitrogen functional groups attached to an aromatic ring is 1. The molecule has 0 aromatic carbocycles. The number of ether oxygens (including phenoxy) is 1. The van der Waals surface area contributed by atoms with Gasteiger partial charge >= 0.3 is 0 Å². The van der Waals surface area contributed by atoms with Gasteiger partial charge < -0.3 is 10.5 Å². The number of fused-ring (bicyclic) bond motifs is 1. The molecule has 7 nitrogen and oxygen atoms in total. The zero-order valence-corrected chi connectivity index (χ0v) is 16.5. The molecule has 0 saturated carbocycles. The predicted octanol–water partition coefficient (Wildman–Crippen LogP) is 2.84. The Balaban J connectivity index is 2.18. The van der Waals surface area contributed by atoms with Crippen molar-refractivity contribution in [2.75, 3.05) is 18.6 Å². The first-order valence-electron chi connectivity index (χ1n) is 8.14. The highest BCUT2D eigenvalue weighted by Gasteiger charge is 2.21. The lowest BCUT2D eigenvalue weighted by Crippen LogP contribution is -2.17. The van der Waals surface area contributed by atoms with Crippen molar-refractivity contribution in [3.63, 3.8) is 0 Å². The molecule has 1 aliphatic carbocycles. The molecule has 0 spiro atoms. The quantitative estimate of drug-likeness (QED) is 0.586. The van der Waals surface area contributed by atoms with Gasteiger partial charge in [-0.25, -0.2) is 4.40 Å². The van der Waals surface area contributed by atoms with Gasteiger partial charge in [0, 0.05) is 17.1 Å². The van der Waals surface area contributed by atoms with Crippen LogP contribution in [0.2, 0.25) is 0 Å². The topological polar surface area (TPSA) is 99.6 Å². The number of thioether (sulfide) groups is 1. The molecule has 0 unspecified atom stereocenters. The fraction of sp³-hybridized carbons (Fsp3) is 0.222. The van der Waals surface area contributed by atoms with E-state index in [9.17, 15) is 9.59 Å². The molecule has 1 aliphatic rings. The molecule has 2 aromatic rings. The zero-order valence-electron chi connectivity index (χ0n) is 14.9. The van der Waals surface area contributed by atoms with E-state index in [1.807, 2.05) is 6.92 Å². The lowest BCUT2D eigenvalue weighted by Gasteiger charge is -2.14. The van der Waals surface area contributed by atoms with Gasteiger partial charge in [0.1, 0.15) is 5.82 Å². The summed E-state index contributed by atoms with van der Waals surface area (Å²) in [6.07, 6.45) is 6.93. The van der Waals surface area contributed by atoms with Crippen LogP contribution < -0.4 is 11.3 Å². The number of nitrogens with two attached hydrogens (primary N) is 1. The van der Waals surface area contributed by atoms with E-state index in [1.54, 1.807) is 28.7 Å². The van der Waals surface area contributed by atoms with Crippen molar-refractivity contribution < 1.29 is 9.53 Å². The van der Waals surface area contributed by atoms with Crippen LogP contribution in [-0.4, -0.2) is 32.4 Å². The Morgan fingerprint density at radius 3 is 2.85 bits per heavy atom. The third-order valence-electron chi connectivity index (χ3n) is 3.86. The standard InChI is InChI=1S/C18H18N4O3S2/c1-4-6-11-7-10(9-13(25-3)14(11)23)8-12-15(19)22-17(20-16(12)24)27-21-18(22)26-5-2/h4,7-9H,1,5-6,19H2,2-3H3/b10-8+. The molecule has 0 aliphatic heterocycles. The number of hydrogen-bond acceptors (Lipinski definition) is 8. The molecule has 0 radical (unpaired) electrons. The molecule has 140 valence electrons. The van der Waals surface area contributed by atoms with E-state index >= 15 is 0 Å². The van der Waals surface area contributed by atoms with Crippen molar-refractivity contribution in [2.24, 2.45) is 0 Å². The molecule has 0 bridgehead atoms.